The van der Waals surface area contributed by atoms with Crippen LogP contribution in [0.5, 0.6) is 0 Å². The highest BCUT2D eigenvalue weighted by atomic mass is 32.1. The number of hydrogen-bond donors (Lipinski definition) is 5. The number of aliphatic hydroxyl groups excluding tert-OH is 4. The average Bonchev–Trinajstić information content (AvgIpc) is 3.01. The van der Waals surface area contributed by atoms with Crippen LogP contribution in [-0.2, 0) is 4.79 Å². The number of fused-ring (bicyclic) bond motifs is 1. The molecule has 1 aromatic heterocycles. The van der Waals surface area contributed by atoms with Crippen LogP contribution < -0.4 is 0 Å². The molecule has 0 unspecified atom stereocenters. The van der Waals surface area contributed by atoms with Crippen molar-refractivity contribution in [3.63, 3.8) is 0 Å². The van der Waals surface area contributed by atoms with Crippen LogP contribution in [0, 0.1) is 0 Å². The Labute approximate surface area is 130 Å². The number of nitrogens with zero attached hydrogens (tertiary/aromatic N) is 2. The van der Waals surface area contributed by atoms with Crippen molar-refractivity contribution in [1.82, 2.24) is 8.75 Å². The highest BCUT2D eigenvalue weighted by Gasteiger charge is 2.28. The van der Waals surface area contributed by atoms with Crippen LogP contribution in [0.1, 0.15) is 0 Å². The third kappa shape index (κ3) is 5.30. The molecule has 1 aromatic carbocycles. The van der Waals surface area contributed by atoms with E-state index < -0.39 is 30.2 Å². The van der Waals surface area contributed by atoms with Crippen LogP contribution in [-0.4, -0.2) is 65.6 Å². The van der Waals surface area contributed by atoms with E-state index in [2.05, 4.69) is 21.4 Å². The second kappa shape index (κ2) is 9.03. The first-order valence-electron chi connectivity index (χ1n) is 5.97. The summed E-state index contributed by atoms with van der Waals surface area (Å²) in [5, 5.41) is 34.4. The second-order valence-corrected chi connectivity index (χ2v) is 5.30. The fourth-order valence-electron chi connectivity index (χ4n) is 1.35. The molecule has 0 fully saturated rings. The molecule has 0 saturated carbocycles. The van der Waals surface area contributed by atoms with Crippen molar-refractivity contribution >= 4 is 41.7 Å². The lowest BCUT2D eigenvalue weighted by Crippen LogP contribution is -2.44. The van der Waals surface area contributed by atoms with Crippen molar-refractivity contribution in [2.75, 3.05) is 6.61 Å². The van der Waals surface area contributed by atoms with Gasteiger partial charge in [-0.3, -0.25) is 0 Å². The molecule has 0 spiro atoms. The molecule has 9 heteroatoms. The van der Waals surface area contributed by atoms with E-state index in [-0.39, 0.29) is 6.29 Å². The lowest BCUT2D eigenvalue weighted by molar-refractivity contribution is -0.126. The topological polar surface area (TPSA) is 124 Å². The lowest BCUT2D eigenvalue weighted by atomic mass is 10.1. The first-order chi connectivity index (χ1) is 10.0. The van der Waals surface area contributed by atoms with E-state index >= 15 is 0 Å². The van der Waals surface area contributed by atoms with E-state index in [9.17, 15) is 4.79 Å². The normalized spacial score (nSPS) is 16.4. The molecule has 2 rings (SSSR count). The van der Waals surface area contributed by atoms with Crippen molar-refractivity contribution in [2.45, 2.75) is 23.6 Å². The highest BCUT2D eigenvalue weighted by molar-refractivity contribution is 7.81. The van der Waals surface area contributed by atoms with Gasteiger partial charge in [0.05, 0.1) is 29.7 Å². The van der Waals surface area contributed by atoms with Gasteiger partial charge in [-0.15, -0.1) is 0 Å². The summed E-state index contributed by atoms with van der Waals surface area (Å²) in [7, 11) is 0. The van der Waals surface area contributed by atoms with Crippen LogP contribution in [0.4, 0.5) is 0 Å². The van der Waals surface area contributed by atoms with Gasteiger partial charge in [-0.2, -0.15) is 21.4 Å². The van der Waals surface area contributed by atoms with Crippen LogP contribution in [0.2, 0.25) is 0 Å². The molecule has 2 aromatic rings. The molecule has 0 saturated heterocycles. The molecule has 0 aliphatic rings. The maximum atomic E-state index is 9.95. The summed E-state index contributed by atoms with van der Waals surface area (Å²) >= 11 is 4.96. The summed E-state index contributed by atoms with van der Waals surface area (Å²) in [6, 6.07) is 7.84. The molecule has 0 amide bonds. The molecular weight excluding hydrogens is 316 g/mol. The maximum Gasteiger partial charge on any atom is 0.151 e. The SMILES string of the molecule is O=C[C@H](O)[C@@H](O)[C@H](O)[C@H](S)CO.c1ccc2nsnc2c1. The van der Waals surface area contributed by atoms with Crippen LogP contribution in [0.3, 0.4) is 0 Å². The van der Waals surface area contributed by atoms with Gasteiger partial charge in [0.25, 0.3) is 0 Å². The minimum Gasteiger partial charge on any atom is -0.395 e. The molecule has 1 heterocycles. The van der Waals surface area contributed by atoms with Crippen molar-refractivity contribution in [3.05, 3.63) is 24.3 Å². The Morgan fingerprint density at radius 3 is 2.10 bits per heavy atom. The van der Waals surface area contributed by atoms with Gasteiger partial charge in [-0.05, 0) is 12.1 Å². The molecule has 0 radical (unpaired) electrons. The van der Waals surface area contributed by atoms with E-state index in [1.54, 1.807) is 0 Å². The van der Waals surface area contributed by atoms with Crippen LogP contribution in [0.15, 0.2) is 24.3 Å². The summed E-state index contributed by atoms with van der Waals surface area (Å²) in [6.45, 7) is -0.451. The third-order valence-corrected chi connectivity index (χ3v) is 3.61. The predicted octanol–water partition coefficient (Wildman–Crippen LogP) is -0.750. The van der Waals surface area contributed by atoms with E-state index in [1.807, 2.05) is 24.3 Å². The van der Waals surface area contributed by atoms with Crippen LogP contribution >= 0.6 is 24.4 Å². The fraction of sp³-hybridized carbons (Fsp3) is 0.417. The standard InChI is InChI=1S/C6H4N2S.C6H12O5S/c1-2-4-6-5(3-1)7-9-8-6;7-1-3(9)5(10)6(11)4(12)2-8/h1-4H;1,3-6,8-12H,2H2/t;3-,4+,5+,6+/m.0/s1. The minimum absolute atomic E-state index is 0.103. The largest absolute Gasteiger partial charge is 0.395 e. The summed E-state index contributed by atoms with van der Waals surface area (Å²) in [5.41, 5.74) is 1.98. The molecule has 116 valence electrons. The molecule has 4 N–H and O–H groups in total. The number of aliphatic hydroxyl groups is 4. The molecule has 7 nitrogen and oxygen atoms in total. The van der Waals surface area contributed by atoms with Gasteiger partial charge < -0.3 is 25.2 Å². The monoisotopic (exact) mass is 332 g/mol. The summed E-state index contributed by atoms with van der Waals surface area (Å²) < 4.78 is 8.10. The number of thiol groups is 1. The Kier molecular flexibility index (Phi) is 7.72. The maximum absolute atomic E-state index is 9.95. The van der Waals surface area contributed by atoms with Gasteiger partial charge in [0.1, 0.15) is 23.2 Å². The van der Waals surface area contributed by atoms with Gasteiger partial charge in [-0.25, -0.2) is 0 Å². The quantitative estimate of drug-likeness (QED) is 0.360. The van der Waals surface area contributed by atoms with E-state index in [4.69, 9.17) is 20.4 Å². The third-order valence-electron chi connectivity index (χ3n) is 2.58. The van der Waals surface area contributed by atoms with Gasteiger partial charge in [-0.1, -0.05) is 12.1 Å². The zero-order valence-corrected chi connectivity index (χ0v) is 12.6. The fourth-order valence-corrected chi connectivity index (χ4v) is 2.05. The number of aldehydes is 1. The average molecular weight is 332 g/mol. The number of rotatable bonds is 5. The first-order valence-corrected chi connectivity index (χ1v) is 7.21. The number of benzene rings is 1. The Balaban J connectivity index is 0.000000216. The van der Waals surface area contributed by atoms with Crippen molar-refractivity contribution in [3.8, 4) is 0 Å². The molecule has 4 atom stereocenters. The zero-order chi connectivity index (χ0) is 15.8. The van der Waals surface area contributed by atoms with E-state index in [1.165, 1.54) is 11.7 Å². The Hall–Kier alpha value is -1.10. The van der Waals surface area contributed by atoms with Gasteiger partial charge in [0, 0.05) is 0 Å². The number of hydrogen-bond acceptors (Lipinski definition) is 9. The first kappa shape index (κ1) is 18.0. The smallest absolute Gasteiger partial charge is 0.151 e. The van der Waals surface area contributed by atoms with Crippen LogP contribution in [0.25, 0.3) is 11.0 Å². The van der Waals surface area contributed by atoms with Crippen molar-refractivity contribution < 1.29 is 25.2 Å². The van der Waals surface area contributed by atoms with Gasteiger partial charge in [0.2, 0.25) is 0 Å². The summed E-state index contributed by atoms with van der Waals surface area (Å²) in [4.78, 5) is 9.95. The summed E-state index contributed by atoms with van der Waals surface area (Å²) in [5.74, 6) is 0. The molecule has 0 aliphatic heterocycles. The van der Waals surface area contributed by atoms with Crippen molar-refractivity contribution in [1.29, 1.82) is 0 Å². The minimum atomic E-state index is -1.65. The zero-order valence-electron chi connectivity index (χ0n) is 10.9. The molecule has 21 heavy (non-hydrogen) atoms. The van der Waals surface area contributed by atoms with Crippen molar-refractivity contribution in [2.24, 2.45) is 0 Å². The Bertz CT molecular complexity index is 523. The number of aromatic nitrogens is 2. The molecule has 0 aliphatic carbocycles. The summed E-state index contributed by atoms with van der Waals surface area (Å²) in [6.07, 6.45) is -4.59. The Morgan fingerprint density at radius 1 is 1.14 bits per heavy atom. The second-order valence-electron chi connectivity index (χ2n) is 4.11. The highest BCUT2D eigenvalue weighted by Crippen LogP contribution is 2.09. The van der Waals surface area contributed by atoms with Gasteiger partial charge >= 0.3 is 0 Å². The number of carbonyl (C=O) groups excluding carboxylic acids is 1. The predicted molar refractivity (Wildman–Crippen MR) is 81.4 cm³/mol. The van der Waals surface area contributed by atoms with E-state index in [0.29, 0.717) is 0 Å². The molecular formula is C12H16N2O5S2. The Morgan fingerprint density at radius 2 is 1.67 bits per heavy atom. The van der Waals surface area contributed by atoms with Gasteiger partial charge in [0.15, 0.2) is 6.29 Å². The van der Waals surface area contributed by atoms with E-state index in [0.717, 1.165) is 11.0 Å². The molecule has 0 bridgehead atoms. The number of carbonyl (C=O) groups is 1. The lowest BCUT2D eigenvalue weighted by Gasteiger charge is -2.22.